The number of ether oxygens (including phenoxy) is 1. The lowest BCUT2D eigenvalue weighted by Crippen LogP contribution is -2.42. The molecule has 4 rings (SSSR count). The van der Waals surface area contributed by atoms with E-state index >= 15 is 0 Å². The number of rotatable bonds is 8. The zero-order valence-corrected chi connectivity index (χ0v) is 22.8. The molecule has 1 unspecified atom stereocenters. The number of thioether (sulfide) groups is 1. The summed E-state index contributed by atoms with van der Waals surface area (Å²) in [4.78, 5) is 29.8. The molecule has 7 nitrogen and oxygen atoms in total. The number of halogens is 1. The van der Waals surface area contributed by atoms with Crippen molar-refractivity contribution < 1.29 is 22.7 Å². The molecule has 0 saturated carbocycles. The fourth-order valence-corrected chi connectivity index (χ4v) is 7.42. The van der Waals surface area contributed by atoms with Crippen LogP contribution in [0.1, 0.15) is 24.0 Å². The molecule has 2 aromatic rings. The first-order valence-electron chi connectivity index (χ1n) is 11.3. The van der Waals surface area contributed by atoms with Crippen molar-refractivity contribution in [2.45, 2.75) is 25.4 Å². The molecule has 1 atom stereocenters. The van der Waals surface area contributed by atoms with Crippen LogP contribution in [0.4, 0.5) is 0 Å². The predicted molar refractivity (Wildman–Crippen MR) is 147 cm³/mol. The van der Waals surface area contributed by atoms with Crippen LogP contribution < -0.4 is 4.74 Å². The third-order valence-electron chi connectivity index (χ3n) is 6.05. The number of carbonyl (C=O) groups is 2. The maximum Gasteiger partial charge on any atom is 0.266 e. The fourth-order valence-electron chi connectivity index (χ4n) is 4.17. The summed E-state index contributed by atoms with van der Waals surface area (Å²) in [6.45, 7) is 0.365. The predicted octanol–water partition coefficient (Wildman–Crippen LogP) is 4.16. The van der Waals surface area contributed by atoms with Crippen LogP contribution in [0.3, 0.4) is 0 Å². The first kappa shape index (κ1) is 26.7. The molecular weight excluding hydrogens is 540 g/mol. The van der Waals surface area contributed by atoms with Crippen molar-refractivity contribution in [2.24, 2.45) is 0 Å². The normalized spacial score (nSPS) is 20.2. The second-order valence-electron chi connectivity index (χ2n) is 8.56. The van der Waals surface area contributed by atoms with E-state index in [0.717, 1.165) is 16.9 Å². The van der Waals surface area contributed by atoms with Crippen LogP contribution in [0.25, 0.3) is 6.08 Å². The molecule has 2 aliphatic heterocycles. The van der Waals surface area contributed by atoms with Crippen molar-refractivity contribution in [3.63, 3.8) is 0 Å². The van der Waals surface area contributed by atoms with Gasteiger partial charge in [0.15, 0.2) is 9.84 Å². The van der Waals surface area contributed by atoms with Gasteiger partial charge in [0.2, 0.25) is 5.91 Å². The lowest BCUT2D eigenvalue weighted by Gasteiger charge is -2.29. The largest absolute Gasteiger partial charge is 0.497 e. The number of thiocarbonyl (C=S) groups is 1. The summed E-state index contributed by atoms with van der Waals surface area (Å²) in [5, 5.41) is 0.542. The Morgan fingerprint density at radius 3 is 2.67 bits per heavy atom. The van der Waals surface area contributed by atoms with Crippen LogP contribution >= 0.6 is 35.6 Å². The van der Waals surface area contributed by atoms with E-state index in [0.29, 0.717) is 20.7 Å². The molecular formula is C25H25ClN2O5S3. The molecule has 190 valence electrons. The maximum absolute atomic E-state index is 13.3. The third kappa shape index (κ3) is 6.47. The number of sulfone groups is 1. The molecule has 2 fully saturated rings. The van der Waals surface area contributed by atoms with Crippen molar-refractivity contribution in [3.05, 3.63) is 69.6 Å². The number of hydrogen-bond acceptors (Lipinski definition) is 7. The molecule has 0 spiro atoms. The van der Waals surface area contributed by atoms with Gasteiger partial charge in [-0.05, 0) is 47.9 Å². The second kappa shape index (κ2) is 11.3. The minimum Gasteiger partial charge on any atom is -0.497 e. The highest BCUT2D eigenvalue weighted by atomic mass is 35.5. The molecule has 2 amide bonds. The molecule has 0 bridgehead atoms. The van der Waals surface area contributed by atoms with E-state index in [2.05, 4.69) is 0 Å². The van der Waals surface area contributed by atoms with Gasteiger partial charge in [-0.2, -0.15) is 0 Å². The van der Waals surface area contributed by atoms with E-state index in [1.54, 1.807) is 36.3 Å². The molecule has 36 heavy (non-hydrogen) atoms. The Kier molecular flexibility index (Phi) is 8.39. The van der Waals surface area contributed by atoms with Gasteiger partial charge in [-0.15, -0.1) is 0 Å². The fraction of sp³-hybridized carbons (Fsp3) is 0.320. The van der Waals surface area contributed by atoms with Crippen molar-refractivity contribution in [3.8, 4) is 5.75 Å². The smallest absolute Gasteiger partial charge is 0.266 e. The van der Waals surface area contributed by atoms with Gasteiger partial charge < -0.3 is 9.64 Å². The number of nitrogens with zero attached hydrogens (tertiary/aromatic N) is 2. The van der Waals surface area contributed by atoms with Crippen LogP contribution in [0, 0.1) is 0 Å². The Hall–Kier alpha value is -2.40. The lowest BCUT2D eigenvalue weighted by molar-refractivity contribution is -0.134. The maximum atomic E-state index is 13.3. The van der Waals surface area contributed by atoms with E-state index in [1.165, 1.54) is 16.7 Å². The Bertz CT molecular complexity index is 1310. The first-order chi connectivity index (χ1) is 17.1. The van der Waals surface area contributed by atoms with Gasteiger partial charge in [-0.1, -0.05) is 59.8 Å². The van der Waals surface area contributed by atoms with Crippen LogP contribution in [-0.4, -0.2) is 65.6 Å². The zero-order chi connectivity index (χ0) is 25.9. The number of carbonyl (C=O) groups excluding carboxylic acids is 2. The molecule has 2 aromatic carbocycles. The quantitative estimate of drug-likeness (QED) is 0.352. The van der Waals surface area contributed by atoms with Gasteiger partial charge in [0.25, 0.3) is 5.91 Å². The Balaban J connectivity index is 1.45. The minimum absolute atomic E-state index is 0.0272. The highest BCUT2D eigenvalue weighted by Crippen LogP contribution is 2.33. The van der Waals surface area contributed by atoms with Gasteiger partial charge in [0, 0.05) is 30.6 Å². The van der Waals surface area contributed by atoms with E-state index in [9.17, 15) is 18.0 Å². The van der Waals surface area contributed by atoms with Gasteiger partial charge in [-0.3, -0.25) is 14.5 Å². The molecule has 11 heteroatoms. The standard InChI is InChI=1S/C25H25ClN2O5S3/c1-33-21-7-5-17(6-8-21)14-22-24(30)27(25(34)35-22)11-9-23(29)28(20-10-12-36(31,32)16-20)15-18-3-2-4-19(26)13-18/h2-8,13-14,20H,9-12,15-16H2,1H3. The Morgan fingerprint density at radius 1 is 1.28 bits per heavy atom. The average Bonchev–Trinajstić information content (AvgIpc) is 3.33. The van der Waals surface area contributed by atoms with E-state index in [-0.39, 0.29) is 42.8 Å². The Labute approximate surface area is 225 Å². The van der Waals surface area contributed by atoms with Crippen LogP contribution in [0.15, 0.2) is 53.4 Å². The van der Waals surface area contributed by atoms with Crippen molar-refractivity contribution >= 4 is 67.6 Å². The minimum atomic E-state index is -3.19. The summed E-state index contributed by atoms with van der Waals surface area (Å²) in [5.74, 6) is 0.228. The summed E-state index contributed by atoms with van der Waals surface area (Å²) >= 11 is 12.7. The first-order valence-corrected chi connectivity index (χ1v) is 14.7. The monoisotopic (exact) mass is 564 g/mol. The molecule has 0 aliphatic carbocycles. The highest BCUT2D eigenvalue weighted by molar-refractivity contribution is 8.26. The molecule has 2 saturated heterocycles. The topological polar surface area (TPSA) is 84.0 Å². The molecule has 0 aromatic heterocycles. The van der Waals surface area contributed by atoms with E-state index in [1.807, 2.05) is 30.3 Å². The number of hydrogen-bond donors (Lipinski definition) is 0. The number of amides is 2. The zero-order valence-electron chi connectivity index (χ0n) is 19.6. The summed E-state index contributed by atoms with van der Waals surface area (Å²) in [6, 6.07) is 14.0. The van der Waals surface area contributed by atoms with Crippen LogP contribution in [0.2, 0.25) is 5.02 Å². The van der Waals surface area contributed by atoms with E-state index < -0.39 is 15.9 Å². The van der Waals surface area contributed by atoms with Crippen molar-refractivity contribution in [1.82, 2.24) is 9.80 Å². The van der Waals surface area contributed by atoms with E-state index in [4.69, 9.17) is 28.6 Å². The van der Waals surface area contributed by atoms with Crippen LogP contribution in [-0.2, 0) is 26.0 Å². The average molecular weight is 565 g/mol. The van der Waals surface area contributed by atoms with Gasteiger partial charge in [0.1, 0.15) is 10.1 Å². The summed E-state index contributed by atoms with van der Waals surface area (Å²) in [6.07, 6.45) is 2.18. The third-order valence-corrected chi connectivity index (χ3v) is 9.41. The summed E-state index contributed by atoms with van der Waals surface area (Å²) in [7, 11) is -1.60. The van der Waals surface area contributed by atoms with Gasteiger partial charge in [-0.25, -0.2) is 8.42 Å². The molecule has 0 radical (unpaired) electrons. The van der Waals surface area contributed by atoms with Gasteiger partial charge in [0.05, 0.1) is 23.5 Å². The second-order valence-corrected chi connectivity index (χ2v) is 12.9. The van der Waals surface area contributed by atoms with Crippen molar-refractivity contribution in [1.29, 1.82) is 0 Å². The van der Waals surface area contributed by atoms with Crippen molar-refractivity contribution in [2.75, 3.05) is 25.2 Å². The summed E-state index contributed by atoms with van der Waals surface area (Å²) < 4.78 is 29.8. The summed E-state index contributed by atoms with van der Waals surface area (Å²) in [5.41, 5.74) is 1.65. The number of benzene rings is 2. The Morgan fingerprint density at radius 2 is 2.03 bits per heavy atom. The highest BCUT2D eigenvalue weighted by Gasteiger charge is 2.36. The molecule has 2 heterocycles. The SMILES string of the molecule is COc1ccc(C=C2SC(=S)N(CCC(=O)N(Cc3cccc(Cl)c3)C3CCS(=O)(=O)C3)C2=O)cc1. The number of methoxy groups -OCH3 is 1. The molecule has 0 N–H and O–H groups in total. The van der Waals surface area contributed by atoms with Crippen LogP contribution in [0.5, 0.6) is 5.75 Å². The molecule has 2 aliphatic rings. The van der Waals surface area contributed by atoms with Gasteiger partial charge >= 0.3 is 0 Å². The lowest BCUT2D eigenvalue weighted by atomic mass is 10.1.